The predicted molar refractivity (Wildman–Crippen MR) is 86.7 cm³/mol. The second-order valence-electron chi connectivity index (χ2n) is 6.31. The van der Waals surface area contributed by atoms with Crippen molar-refractivity contribution in [3.63, 3.8) is 0 Å². The van der Waals surface area contributed by atoms with E-state index in [9.17, 15) is 14.7 Å². The van der Waals surface area contributed by atoms with Crippen molar-refractivity contribution >= 4 is 23.8 Å². The van der Waals surface area contributed by atoms with E-state index in [1.165, 1.54) is 0 Å². The number of likely N-dealkylation sites (tertiary alicyclic amines) is 1. The van der Waals surface area contributed by atoms with E-state index in [1.54, 1.807) is 21.6 Å². The summed E-state index contributed by atoms with van der Waals surface area (Å²) >= 11 is 1.77. The van der Waals surface area contributed by atoms with Crippen LogP contribution in [-0.4, -0.2) is 65.1 Å². The summed E-state index contributed by atoms with van der Waals surface area (Å²) < 4.78 is 0. The minimum atomic E-state index is -0.793. The zero-order chi connectivity index (χ0) is 16.2. The average Bonchev–Trinajstić information content (AvgIpc) is 2.89. The molecule has 1 fully saturated rings. The van der Waals surface area contributed by atoms with Crippen LogP contribution in [0.4, 0.5) is 4.79 Å². The van der Waals surface area contributed by atoms with Gasteiger partial charge in [-0.05, 0) is 37.7 Å². The molecule has 0 aliphatic carbocycles. The van der Waals surface area contributed by atoms with Crippen LogP contribution in [0.2, 0.25) is 0 Å². The third-order valence-electron chi connectivity index (χ3n) is 4.81. The number of rotatable bonds is 6. The number of hydrogen-bond donors (Lipinski definition) is 1. The van der Waals surface area contributed by atoms with E-state index < -0.39 is 11.4 Å². The third kappa shape index (κ3) is 3.84. The molecule has 0 saturated carbocycles. The number of nitrogens with zero attached hydrogens (tertiary/aromatic N) is 2. The van der Waals surface area contributed by atoms with Gasteiger partial charge < -0.3 is 14.9 Å². The summed E-state index contributed by atoms with van der Waals surface area (Å²) in [6, 6.07) is 0.121. The molecule has 1 aliphatic rings. The van der Waals surface area contributed by atoms with Crippen LogP contribution in [0.25, 0.3) is 0 Å². The van der Waals surface area contributed by atoms with E-state index in [0.717, 1.165) is 12.2 Å². The van der Waals surface area contributed by atoms with Gasteiger partial charge in [-0.1, -0.05) is 13.8 Å². The number of amides is 2. The highest BCUT2D eigenvalue weighted by Gasteiger charge is 2.49. The van der Waals surface area contributed by atoms with Crippen molar-refractivity contribution < 1.29 is 14.7 Å². The molecule has 0 radical (unpaired) electrons. The van der Waals surface area contributed by atoms with Crippen molar-refractivity contribution in [1.82, 2.24) is 9.80 Å². The predicted octanol–water partition coefficient (Wildman–Crippen LogP) is 2.61. The fraction of sp³-hybridized carbons (Fsp3) is 0.867. The monoisotopic (exact) mass is 316 g/mol. The molecule has 0 spiro atoms. The van der Waals surface area contributed by atoms with Gasteiger partial charge in [0.1, 0.15) is 0 Å². The summed E-state index contributed by atoms with van der Waals surface area (Å²) in [4.78, 5) is 27.6. The second-order valence-corrected chi connectivity index (χ2v) is 7.30. The van der Waals surface area contributed by atoms with Crippen LogP contribution in [0.1, 0.15) is 33.6 Å². The van der Waals surface area contributed by atoms with Crippen molar-refractivity contribution in [2.24, 2.45) is 11.3 Å². The van der Waals surface area contributed by atoms with E-state index in [0.29, 0.717) is 19.5 Å². The molecule has 2 unspecified atom stereocenters. The van der Waals surface area contributed by atoms with Crippen molar-refractivity contribution in [2.75, 3.05) is 32.1 Å². The van der Waals surface area contributed by atoms with Crippen LogP contribution in [0.5, 0.6) is 0 Å². The van der Waals surface area contributed by atoms with Gasteiger partial charge in [0.2, 0.25) is 0 Å². The molecule has 2 amide bonds. The summed E-state index contributed by atoms with van der Waals surface area (Å²) in [6.07, 6.45) is 3.54. The van der Waals surface area contributed by atoms with E-state index in [1.807, 2.05) is 27.8 Å². The quantitative estimate of drug-likeness (QED) is 0.818. The molecule has 1 N–H and O–H groups in total. The molecule has 1 rings (SSSR count). The van der Waals surface area contributed by atoms with Gasteiger partial charge >= 0.3 is 12.0 Å². The number of aliphatic carboxylic acids is 1. The number of hydrogen-bond acceptors (Lipinski definition) is 3. The van der Waals surface area contributed by atoms with Crippen LogP contribution >= 0.6 is 11.8 Å². The maximum Gasteiger partial charge on any atom is 0.320 e. The van der Waals surface area contributed by atoms with Gasteiger partial charge in [0.05, 0.1) is 5.41 Å². The zero-order valence-electron chi connectivity index (χ0n) is 13.8. The molecule has 0 aromatic carbocycles. The Bertz CT molecular complexity index is 389. The summed E-state index contributed by atoms with van der Waals surface area (Å²) in [5, 5.41) is 9.54. The van der Waals surface area contributed by atoms with Gasteiger partial charge in [0, 0.05) is 26.2 Å². The van der Waals surface area contributed by atoms with E-state index in [-0.39, 0.29) is 18.0 Å². The summed E-state index contributed by atoms with van der Waals surface area (Å²) in [6.45, 7) is 6.73. The van der Waals surface area contributed by atoms with Crippen LogP contribution in [0.15, 0.2) is 0 Å². The molecule has 2 atom stereocenters. The van der Waals surface area contributed by atoms with Crippen LogP contribution in [-0.2, 0) is 4.79 Å². The number of carbonyl (C=O) groups excluding carboxylic acids is 1. The van der Waals surface area contributed by atoms with E-state index in [4.69, 9.17) is 0 Å². The van der Waals surface area contributed by atoms with Crippen LogP contribution in [0.3, 0.4) is 0 Å². The smallest absolute Gasteiger partial charge is 0.320 e. The highest BCUT2D eigenvalue weighted by Crippen LogP contribution is 2.38. The summed E-state index contributed by atoms with van der Waals surface area (Å²) in [5.74, 6) is 0.252. The Balaban J connectivity index is 2.71. The third-order valence-corrected chi connectivity index (χ3v) is 5.45. The minimum Gasteiger partial charge on any atom is -0.481 e. The maximum absolute atomic E-state index is 12.5. The Morgan fingerprint density at radius 3 is 2.43 bits per heavy atom. The lowest BCUT2D eigenvalue weighted by Crippen LogP contribution is -2.46. The number of carboxylic acid groups (broad SMARTS) is 1. The summed E-state index contributed by atoms with van der Waals surface area (Å²) in [7, 11) is 1.81. The lowest BCUT2D eigenvalue weighted by Gasteiger charge is -2.32. The molecule has 5 nitrogen and oxygen atoms in total. The second kappa shape index (κ2) is 7.38. The maximum atomic E-state index is 12.5. The van der Waals surface area contributed by atoms with E-state index >= 15 is 0 Å². The molecule has 21 heavy (non-hydrogen) atoms. The fourth-order valence-electron chi connectivity index (χ4n) is 2.78. The Labute approximate surface area is 132 Å². The first kappa shape index (κ1) is 18.1. The lowest BCUT2D eigenvalue weighted by molar-refractivity contribution is -0.150. The molecule has 0 bridgehead atoms. The molecule has 1 heterocycles. The molecule has 1 aliphatic heterocycles. The largest absolute Gasteiger partial charge is 0.481 e. The molecule has 0 aromatic heterocycles. The Kier molecular flexibility index (Phi) is 6.38. The number of carboxylic acids is 1. The number of thioether (sulfide) groups is 1. The van der Waals surface area contributed by atoms with Crippen LogP contribution < -0.4 is 0 Å². The van der Waals surface area contributed by atoms with Crippen molar-refractivity contribution in [1.29, 1.82) is 0 Å². The van der Waals surface area contributed by atoms with Crippen molar-refractivity contribution in [3.8, 4) is 0 Å². The van der Waals surface area contributed by atoms with E-state index in [2.05, 4.69) is 6.26 Å². The molecule has 0 aromatic rings. The Hall–Kier alpha value is -0.910. The van der Waals surface area contributed by atoms with Gasteiger partial charge in [-0.3, -0.25) is 4.79 Å². The van der Waals surface area contributed by atoms with Gasteiger partial charge in [0.15, 0.2) is 0 Å². The normalized spacial score (nSPS) is 23.4. The minimum absolute atomic E-state index is 0.0204. The molecule has 122 valence electrons. The number of carbonyl (C=O) groups is 2. The molecular formula is C15H28N2O3S. The van der Waals surface area contributed by atoms with Crippen LogP contribution in [0, 0.1) is 11.3 Å². The molecule has 6 heteroatoms. The molecular weight excluding hydrogens is 288 g/mol. The SMILES string of the molecule is CSCCC(C)N(C)C(=O)N1CCC(C(=O)O)(C(C)C)C1. The standard InChI is InChI=1S/C15H28N2O3S/c1-11(2)15(13(18)19)7-8-17(10-15)14(20)16(4)12(3)6-9-21-5/h11-12H,6-10H2,1-5H3,(H,18,19). The fourth-order valence-corrected chi connectivity index (χ4v) is 3.36. The van der Waals surface area contributed by atoms with Gasteiger partial charge in [-0.25, -0.2) is 4.79 Å². The van der Waals surface area contributed by atoms with Gasteiger partial charge in [-0.15, -0.1) is 0 Å². The Morgan fingerprint density at radius 2 is 2.00 bits per heavy atom. The first-order valence-corrected chi connectivity index (χ1v) is 8.89. The topological polar surface area (TPSA) is 60.9 Å². The van der Waals surface area contributed by atoms with Crippen molar-refractivity contribution in [3.05, 3.63) is 0 Å². The zero-order valence-corrected chi connectivity index (χ0v) is 14.6. The Morgan fingerprint density at radius 1 is 1.38 bits per heavy atom. The summed E-state index contributed by atoms with van der Waals surface area (Å²) in [5.41, 5.74) is -0.793. The average molecular weight is 316 g/mol. The number of urea groups is 1. The highest BCUT2D eigenvalue weighted by atomic mass is 32.2. The molecule has 1 saturated heterocycles. The lowest BCUT2D eigenvalue weighted by atomic mass is 9.76. The highest BCUT2D eigenvalue weighted by molar-refractivity contribution is 7.98. The first-order chi connectivity index (χ1) is 9.76. The van der Waals surface area contributed by atoms with Gasteiger partial charge in [0.25, 0.3) is 0 Å². The van der Waals surface area contributed by atoms with Gasteiger partial charge in [-0.2, -0.15) is 11.8 Å². The first-order valence-electron chi connectivity index (χ1n) is 7.50. The van der Waals surface area contributed by atoms with Crippen molar-refractivity contribution in [2.45, 2.75) is 39.7 Å².